The Bertz CT molecular complexity index is 370. The molecule has 1 fully saturated rings. The Morgan fingerprint density at radius 3 is 2.63 bits per heavy atom. The molecule has 6 nitrogen and oxygen atoms in total. The van der Waals surface area contributed by atoms with Gasteiger partial charge in [0.2, 0.25) is 11.8 Å². The van der Waals surface area contributed by atoms with Crippen LogP contribution in [0.2, 0.25) is 0 Å². The van der Waals surface area contributed by atoms with Gasteiger partial charge in [0.1, 0.15) is 12.6 Å². The number of nitrogens with one attached hydrogen (secondary N) is 1. The molecule has 4 atom stereocenters. The third-order valence-corrected chi connectivity index (χ3v) is 3.58. The number of ether oxygens (including phenoxy) is 1. The molecule has 0 aromatic heterocycles. The first-order valence-electron chi connectivity index (χ1n) is 6.40. The van der Waals surface area contributed by atoms with Crippen molar-refractivity contribution in [1.29, 1.82) is 0 Å². The average molecular weight is 269 g/mol. The van der Waals surface area contributed by atoms with Crippen molar-refractivity contribution in [2.24, 2.45) is 17.6 Å². The van der Waals surface area contributed by atoms with Gasteiger partial charge in [-0.2, -0.15) is 0 Å². The average Bonchev–Trinajstić information content (AvgIpc) is 2.66. The third kappa shape index (κ3) is 4.31. The highest BCUT2D eigenvalue weighted by Crippen LogP contribution is 2.16. The van der Waals surface area contributed by atoms with E-state index in [0.29, 0.717) is 6.42 Å². The summed E-state index contributed by atoms with van der Waals surface area (Å²) >= 11 is 0. The lowest BCUT2D eigenvalue weighted by Gasteiger charge is -2.18. The molecule has 1 unspecified atom stereocenters. The van der Waals surface area contributed by atoms with E-state index in [1.54, 1.807) is 13.8 Å². The van der Waals surface area contributed by atoms with E-state index in [0.717, 1.165) is 0 Å². The molecule has 0 saturated carbocycles. The van der Waals surface area contributed by atoms with Crippen LogP contribution in [0.3, 0.4) is 0 Å². The number of carbonyl (C=O) groups is 3. The summed E-state index contributed by atoms with van der Waals surface area (Å²) in [5.74, 6) is -1.13. The second-order valence-electron chi connectivity index (χ2n) is 5.08. The summed E-state index contributed by atoms with van der Waals surface area (Å²) in [6.07, 6.45) is 1.58. The predicted molar refractivity (Wildman–Crippen MR) is 68.8 cm³/mol. The maximum atomic E-state index is 11.7. The maximum Gasteiger partial charge on any atom is 0.224 e. The Hall–Kier alpha value is -1.43. The SMILES string of the molecule is CC(C(N)=O)[C@@H](C)C[CH]C(=O)N[C@@H]1C(=O)CO[C@H]1C. The lowest BCUT2D eigenvalue weighted by Crippen LogP contribution is -2.44. The second kappa shape index (κ2) is 6.65. The fourth-order valence-corrected chi connectivity index (χ4v) is 1.85. The lowest BCUT2D eigenvalue weighted by molar-refractivity contribution is -0.124. The number of nitrogens with two attached hydrogens (primary N) is 1. The molecule has 0 bridgehead atoms. The maximum absolute atomic E-state index is 11.7. The molecule has 1 aliphatic rings. The molecule has 1 radical (unpaired) electrons. The first-order valence-corrected chi connectivity index (χ1v) is 6.40. The van der Waals surface area contributed by atoms with Crippen LogP contribution in [0.25, 0.3) is 0 Å². The Labute approximate surface area is 113 Å². The van der Waals surface area contributed by atoms with Crippen LogP contribution in [0.1, 0.15) is 27.2 Å². The fourth-order valence-electron chi connectivity index (χ4n) is 1.85. The Kier molecular flexibility index (Phi) is 5.47. The third-order valence-electron chi connectivity index (χ3n) is 3.58. The van der Waals surface area contributed by atoms with Crippen LogP contribution in [0.5, 0.6) is 0 Å². The number of Topliss-reactive ketones (excluding diaryl/α,β-unsaturated/α-hetero) is 1. The quantitative estimate of drug-likeness (QED) is 0.698. The van der Waals surface area contributed by atoms with Gasteiger partial charge in [-0.1, -0.05) is 13.8 Å². The highest BCUT2D eigenvalue weighted by atomic mass is 16.5. The van der Waals surface area contributed by atoms with Crippen LogP contribution in [0.15, 0.2) is 0 Å². The minimum atomic E-state index is -0.576. The van der Waals surface area contributed by atoms with Gasteiger partial charge in [-0.05, 0) is 19.3 Å². The summed E-state index contributed by atoms with van der Waals surface area (Å²) in [4.78, 5) is 34.1. The Morgan fingerprint density at radius 1 is 1.53 bits per heavy atom. The van der Waals surface area contributed by atoms with E-state index < -0.39 is 6.04 Å². The summed E-state index contributed by atoms with van der Waals surface area (Å²) in [5.41, 5.74) is 5.20. The first kappa shape index (κ1) is 15.6. The summed E-state index contributed by atoms with van der Waals surface area (Å²) < 4.78 is 5.13. The van der Waals surface area contributed by atoms with E-state index in [1.807, 2.05) is 6.92 Å². The van der Waals surface area contributed by atoms with Crippen LogP contribution in [-0.4, -0.2) is 36.4 Å². The molecular formula is C13H21N2O4. The van der Waals surface area contributed by atoms with Gasteiger partial charge >= 0.3 is 0 Å². The number of ketones is 1. The van der Waals surface area contributed by atoms with Crippen molar-refractivity contribution in [3.05, 3.63) is 6.42 Å². The number of amides is 2. The zero-order valence-corrected chi connectivity index (χ0v) is 11.5. The van der Waals surface area contributed by atoms with Crippen molar-refractivity contribution < 1.29 is 19.1 Å². The van der Waals surface area contributed by atoms with Gasteiger partial charge in [-0.15, -0.1) is 0 Å². The molecule has 0 aliphatic carbocycles. The van der Waals surface area contributed by atoms with Crippen molar-refractivity contribution in [2.75, 3.05) is 6.61 Å². The fraction of sp³-hybridized carbons (Fsp3) is 0.692. The van der Waals surface area contributed by atoms with Gasteiger partial charge in [-0.3, -0.25) is 14.4 Å². The smallest absolute Gasteiger partial charge is 0.224 e. The predicted octanol–water partition coefficient (Wildman–Crippen LogP) is -0.189. The zero-order valence-electron chi connectivity index (χ0n) is 11.5. The van der Waals surface area contributed by atoms with Crippen LogP contribution < -0.4 is 11.1 Å². The van der Waals surface area contributed by atoms with Crippen molar-refractivity contribution in [3.8, 4) is 0 Å². The van der Waals surface area contributed by atoms with Crippen molar-refractivity contribution in [3.63, 3.8) is 0 Å². The standard InChI is InChI=1S/C13H21N2O4/c1-7(8(2)13(14)18)4-5-11(17)15-12-9(3)19-6-10(12)16/h5,7-9,12H,4,6H2,1-3H3,(H2,14,18)(H,15,17)/t7-,8?,9-,12-/m0/s1. The Balaban J connectivity index is 2.36. The molecule has 1 aliphatic heterocycles. The highest BCUT2D eigenvalue weighted by Gasteiger charge is 2.33. The molecule has 1 rings (SSSR count). The number of rotatable bonds is 6. The van der Waals surface area contributed by atoms with E-state index in [1.165, 1.54) is 6.42 Å². The molecule has 0 aromatic carbocycles. The van der Waals surface area contributed by atoms with Crippen LogP contribution >= 0.6 is 0 Å². The van der Waals surface area contributed by atoms with Gasteiger partial charge in [-0.25, -0.2) is 0 Å². The zero-order chi connectivity index (χ0) is 14.6. The van der Waals surface area contributed by atoms with Crippen LogP contribution in [-0.2, 0) is 19.1 Å². The van der Waals surface area contributed by atoms with Crippen LogP contribution in [0.4, 0.5) is 0 Å². The number of hydrogen-bond donors (Lipinski definition) is 2. The number of carbonyl (C=O) groups excluding carboxylic acids is 3. The van der Waals surface area contributed by atoms with Gasteiger partial charge in [0, 0.05) is 12.3 Å². The molecule has 107 valence electrons. The first-order chi connectivity index (χ1) is 8.82. The molecule has 0 aromatic rings. The molecular weight excluding hydrogens is 248 g/mol. The van der Waals surface area contributed by atoms with Gasteiger partial charge in [0.05, 0.1) is 6.10 Å². The topological polar surface area (TPSA) is 98.5 Å². The molecule has 3 N–H and O–H groups in total. The summed E-state index contributed by atoms with van der Waals surface area (Å²) in [7, 11) is 0. The second-order valence-corrected chi connectivity index (χ2v) is 5.08. The normalized spacial score (nSPS) is 25.9. The minimum Gasteiger partial charge on any atom is -0.369 e. The van der Waals surface area contributed by atoms with E-state index in [4.69, 9.17) is 10.5 Å². The van der Waals surface area contributed by atoms with Gasteiger partial charge < -0.3 is 15.8 Å². The molecule has 6 heteroatoms. The highest BCUT2D eigenvalue weighted by molar-refractivity contribution is 5.94. The van der Waals surface area contributed by atoms with Crippen molar-refractivity contribution >= 4 is 17.6 Å². The molecule has 19 heavy (non-hydrogen) atoms. The Morgan fingerprint density at radius 2 is 2.16 bits per heavy atom. The minimum absolute atomic E-state index is 0.0174. The van der Waals surface area contributed by atoms with E-state index in [2.05, 4.69) is 5.32 Å². The molecule has 0 spiro atoms. The summed E-state index contributed by atoms with van der Waals surface area (Å²) in [6, 6.07) is -0.576. The van der Waals surface area contributed by atoms with Gasteiger partial charge in [0.15, 0.2) is 5.78 Å². The molecule has 1 saturated heterocycles. The number of primary amides is 1. The summed E-state index contributed by atoms with van der Waals surface area (Å²) in [5, 5.41) is 2.62. The van der Waals surface area contributed by atoms with E-state index in [-0.39, 0.29) is 42.1 Å². The number of hydrogen-bond acceptors (Lipinski definition) is 4. The van der Waals surface area contributed by atoms with Crippen molar-refractivity contribution in [1.82, 2.24) is 5.32 Å². The largest absolute Gasteiger partial charge is 0.369 e. The van der Waals surface area contributed by atoms with Crippen molar-refractivity contribution in [2.45, 2.75) is 39.3 Å². The molecule has 2 amide bonds. The monoisotopic (exact) mass is 269 g/mol. The van der Waals surface area contributed by atoms with E-state index >= 15 is 0 Å². The summed E-state index contributed by atoms with van der Waals surface area (Å²) in [6.45, 7) is 5.37. The van der Waals surface area contributed by atoms with E-state index in [9.17, 15) is 14.4 Å². The molecule has 1 heterocycles. The van der Waals surface area contributed by atoms with Crippen LogP contribution in [0, 0.1) is 18.3 Å². The lowest BCUT2D eigenvalue weighted by atomic mass is 9.91. The van der Waals surface area contributed by atoms with Gasteiger partial charge in [0.25, 0.3) is 0 Å².